The fourth-order valence-corrected chi connectivity index (χ4v) is 1.34. The molecule has 1 saturated heterocycles. The van der Waals surface area contributed by atoms with Crippen LogP contribution in [0, 0.1) is 0 Å². The molecule has 2 aliphatic rings. The van der Waals surface area contributed by atoms with Crippen LogP contribution in [0.25, 0.3) is 0 Å². The van der Waals surface area contributed by atoms with Gasteiger partial charge in [0.1, 0.15) is 11.8 Å². The van der Waals surface area contributed by atoms with Crippen molar-refractivity contribution in [3.63, 3.8) is 0 Å². The van der Waals surface area contributed by atoms with Gasteiger partial charge in [-0.1, -0.05) is 0 Å². The average Bonchev–Trinajstić information content (AvgIpc) is 2.72. The maximum absolute atomic E-state index is 13.2. The molecule has 1 heterocycles. The van der Waals surface area contributed by atoms with Crippen LogP contribution < -0.4 is 5.32 Å². The first-order valence-corrected chi connectivity index (χ1v) is 3.82. The minimum Gasteiger partial charge on any atom is -0.372 e. The van der Waals surface area contributed by atoms with Crippen LogP contribution in [0.1, 0.15) is 12.8 Å². The molecule has 0 amide bonds. The molecule has 0 aromatic carbocycles. The third-order valence-electron chi connectivity index (χ3n) is 2.23. The topological polar surface area (TPSA) is 21.3 Å². The number of halogens is 1. The van der Waals surface area contributed by atoms with Gasteiger partial charge >= 0.3 is 0 Å². The highest BCUT2D eigenvalue weighted by Gasteiger charge is 2.51. The molecule has 1 atom stereocenters. The molecule has 1 aliphatic carbocycles. The smallest absolute Gasteiger partial charge is 0.138 e. The Labute approximate surface area is 59.7 Å². The van der Waals surface area contributed by atoms with Crippen LogP contribution in [0.4, 0.5) is 4.39 Å². The van der Waals surface area contributed by atoms with Crippen molar-refractivity contribution in [2.45, 2.75) is 24.6 Å². The van der Waals surface area contributed by atoms with E-state index in [1.165, 1.54) is 0 Å². The Kier molecular flexibility index (Phi) is 1.42. The van der Waals surface area contributed by atoms with Crippen LogP contribution in [0.2, 0.25) is 0 Å². The van der Waals surface area contributed by atoms with Gasteiger partial charge in [0, 0.05) is 13.1 Å². The third-order valence-corrected chi connectivity index (χ3v) is 2.23. The molecule has 2 nitrogen and oxygen atoms in total. The van der Waals surface area contributed by atoms with Gasteiger partial charge in [-0.15, -0.1) is 0 Å². The summed E-state index contributed by atoms with van der Waals surface area (Å²) >= 11 is 0. The molecule has 0 spiro atoms. The van der Waals surface area contributed by atoms with Gasteiger partial charge in [-0.2, -0.15) is 0 Å². The zero-order valence-corrected chi connectivity index (χ0v) is 5.90. The predicted molar refractivity (Wildman–Crippen MR) is 35.7 cm³/mol. The Balaban J connectivity index is 1.91. The molecule has 10 heavy (non-hydrogen) atoms. The molecule has 1 aliphatic heterocycles. The molecule has 58 valence electrons. The molecule has 0 radical (unpaired) electrons. The molecular formula is C7H12FNO. The van der Waals surface area contributed by atoms with Crippen LogP contribution in [0.3, 0.4) is 0 Å². The van der Waals surface area contributed by atoms with Crippen LogP contribution >= 0.6 is 0 Å². The van der Waals surface area contributed by atoms with Gasteiger partial charge in [-0.3, -0.25) is 0 Å². The first kappa shape index (κ1) is 6.55. The second kappa shape index (κ2) is 2.17. The molecule has 0 aromatic heterocycles. The largest absolute Gasteiger partial charge is 0.372 e. The second-order valence-electron chi connectivity index (χ2n) is 3.10. The molecule has 1 saturated carbocycles. The summed E-state index contributed by atoms with van der Waals surface area (Å²) in [6.07, 6.45) is 1.22. The van der Waals surface area contributed by atoms with Crippen LogP contribution in [-0.4, -0.2) is 31.5 Å². The molecule has 0 aromatic rings. The Hall–Kier alpha value is -0.150. The van der Waals surface area contributed by atoms with E-state index in [4.69, 9.17) is 4.74 Å². The van der Waals surface area contributed by atoms with E-state index < -0.39 is 5.67 Å². The third kappa shape index (κ3) is 1.04. The van der Waals surface area contributed by atoms with E-state index in [1.807, 2.05) is 0 Å². The molecule has 2 rings (SSSR count). The van der Waals surface area contributed by atoms with E-state index in [1.54, 1.807) is 0 Å². The first-order chi connectivity index (χ1) is 4.81. The summed E-state index contributed by atoms with van der Waals surface area (Å²) in [7, 11) is 0. The van der Waals surface area contributed by atoms with Crippen molar-refractivity contribution >= 4 is 0 Å². The summed E-state index contributed by atoms with van der Waals surface area (Å²) in [5, 5.41) is 3.12. The Morgan fingerprint density at radius 2 is 2.30 bits per heavy atom. The summed E-state index contributed by atoms with van der Waals surface area (Å²) in [5.41, 5.74) is -0.965. The van der Waals surface area contributed by atoms with Gasteiger partial charge in [-0.25, -0.2) is 4.39 Å². The number of hydrogen-bond acceptors (Lipinski definition) is 2. The van der Waals surface area contributed by atoms with Crippen molar-refractivity contribution in [1.29, 1.82) is 0 Å². The van der Waals surface area contributed by atoms with Crippen molar-refractivity contribution in [3.05, 3.63) is 0 Å². The number of rotatable bonds is 1. The van der Waals surface area contributed by atoms with Gasteiger partial charge in [0.05, 0.1) is 6.61 Å². The first-order valence-electron chi connectivity index (χ1n) is 3.82. The normalized spacial score (nSPS) is 37.5. The monoisotopic (exact) mass is 145 g/mol. The van der Waals surface area contributed by atoms with E-state index in [-0.39, 0.29) is 6.10 Å². The lowest BCUT2D eigenvalue weighted by atomic mass is 10.2. The Morgan fingerprint density at radius 3 is 2.80 bits per heavy atom. The fraction of sp³-hybridized carbons (Fsp3) is 1.00. The number of alkyl halides is 1. The van der Waals surface area contributed by atoms with Gasteiger partial charge in [0.15, 0.2) is 0 Å². The fourth-order valence-electron chi connectivity index (χ4n) is 1.34. The van der Waals surface area contributed by atoms with Crippen LogP contribution in [0.5, 0.6) is 0 Å². The highest BCUT2D eigenvalue weighted by molar-refractivity contribution is 5.02. The van der Waals surface area contributed by atoms with Crippen molar-refractivity contribution in [2.75, 3.05) is 19.7 Å². The van der Waals surface area contributed by atoms with Gasteiger partial charge in [-0.05, 0) is 12.8 Å². The molecule has 2 fully saturated rings. The van der Waals surface area contributed by atoms with Crippen molar-refractivity contribution in [2.24, 2.45) is 0 Å². The highest BCUT2D eigenvalue weighted by Crippen LogP contribution is 2.44. The number of hydrogen-bond donors (Lipinski definition) is 1. The van der Waals surface area contributed by atoms with Gasteiger partial charge < -0.3 is 10.1 Å². The van der Waals surface area contributed by atoms with Crippen molar-refractivity contribution < 1.29 is 9.13 Å². The quantitative estimate of drug-likeness (QED) is 0.579. The molecule has 3 heteroatoms. The Bertz CT molecular complexity index is 130. The second-order valence-corrected chi connectivity index (χ2v) is 3.10. The number of nitrogens with one attached hydrogen (secondary N) is 1. The van der Waals surface area contributed by atoms with Crippen molar-refractivity contribution in [3.8, 4) is 0 Å². The van der Waals surface area contributed by atoms with Crippen LogP contribution in [-0.2, 0) is 4.74 Å². The molecular weight excluding hydrogens is 133 g/mol. The maximum Gasteiger partial charge on any atom is 0.138 e. The van der Waals surface area contributed by atoms with E-state index in [2.05, 4.69) is 5.32 Å². The maximum atomic E-state index is 13.2. The molecule has 0 bridgehead atoms. The minimum atomic E-state index is -0.965. The van der Waals surface area contributed by atoms with E-state index in [0.29, 0.717) is 26.0 Å². The van der Waals surface area contributed by atoms with E-state index in [9.17, 15) is 4.39 Å². The van der Waals surface area contributed by atoms with Crippen LogP contribution in [0.15, 0.2) is 0 Å². The lowest BCUT2D eigenvalue weighted by molar-refractivity contribution is -0.0317. The zero-order valence-electron chi connectivity index (χ0n) is 5.90. The standard InChI is InChI=1S/C7H12FNO/c8-7(1-2-7)6-5-9-3-4-10-6/h6,9H,1-5H2. The number of morpholine rings is 1. The SMILES string of the molecule is FC1(C2CNCCO2)CC1. The summed E-state index contributed by atoms with van der Waals surface area (Å²) < 4.78 is 18.5. The van der Waals surface area contributed by atoms with E-state index in [0.717, 1.165) is 6.54 Å². The lowest BCUT2D eigenvalue weighted by Crippen LogP contribution is -2.44. The lowest BCUT2D eigenvalue weighted by Gasteiger charge is -2.26. The summed E-state index contributed by atoms with van der Waals surface area (Å²) in [4.78, 5) is 0. The molecule has 1 unspecified atom stereocenters. The van der Waals surface area contributed by atoms with Gasteiger partial charge in [0.25, 0.3) is 0 Å². The Morgan fingerprint density at radius 1 is 1.50 bits per heavy atom. The average molecular weight is 145 g/mol. The van der Waals surface area contributed by atoms with Crippen molar-refractivity contribution in [1.82, 2.24) is 5.32 Å². The number of ether oxygens (including phenoxy) is 1. The highest BCUT2D eigenvalue weighted by atomic mass is 19.1. The van der Waals surface area contributed by atoms with E-state index >= 15 is 0 Å². The van der Waals surface area contributed by atoms with Gasteiger partial charge in [0.2, 0.25) is 0 Å². The molecule has 1 N–H and O–H groups in total. The summed E-state index contributed by atoms with van der Waals surface area (Å²) in [5.74, 6) is 0. The minimum absolute atomic E-state index is 0.166. The summed E-state index contributed by atoms with van der Waals surface area (Å²) in [6.45, 7) is 2.22. The predicted octanol–water partition coefficient (Wildman–Crippen LogP) is 0.477. The summed E-state index contributed by atoms with van der Waals surface area (Å²) in [6, 6.07) is 0. The zero-order chi connectivity index (χ0) is 7.03.